The highest BCUT2D eigenvalue weighted by atomic mass is 35.5. The van der Waals surface area contributed by atoms with Gasteiger partial charge in [0, 0.05) is 48.3 Å². The number of hydrogen-bond donors (Lipinski definition) is 0. The molecule has 1 amide bonds. The Bertz CT molecular complexity index is 1010. The molecule has 29 heavy (non-hydrogen) atoms. The van der Waals surface area contributed by atoms with Crippen molar-refractivity contribution >= 4 is 23.3 Å². The van der Waals surface area contributed by atoms with Crippen LogP contribution in [0.1, 0.15) is 40.2 Å². The standard InChI is InChI=1S/C23H24ClN3O2/c1-16-21(17(2)27(25-16)20-7-5-4-6-8-20)15-26(3)23(29)14-13-22(28)18-9-11-19(24)12-10-18/h4-12H,13-15H2,1-3H3. The molecule has 0 spiro atoms. The minimum Gasteiger partial charge on any atom is -0.341 e. The van der Waals surface area contributed by atoms with Crippen LogP contribution in [0.2, 0.25) is 5.02 Å². The van der Waals surface area contributed by atoms with Gasteiger partial charge in [0.2, 0.25) is 5.91 Å². The molecular formula is C23H24ClN3O2. The third-order valence-corrected chi connectivity index (χ3v) is 5.25. The second-order valence-corrected chi connectivity index (χ2v) is 7.51. The van der Waals surface area contributed by atoms with E-state index in [1.807, 2.05) is 48.9 Å². The van der Waals surface area contributed by atoms with Gasteiger partial charge in [0.1, 0.15) is 0 Å². The molecule has 2 aromatic carbocycles. The van der Waals surface area contributed by atoms with Crippen molar-refractivity contribution in [3.05, 3.63) is 82.1 Å². The van der Waals surface area contributed by atoms with Crippen LogP contribution >= 0.6 is 11.6 Å². The smallest absolute Gasteiger partial charge is 0.223 e. The summed E-state index contributed by atoms with van der Waals surface area (Å²) >= 11 is 5.85. The summed E-state index contributed by atoms with van der Waals surface area (Å²) in [6, 6.07) is 16.6. The van der Waals surface area contributed by atoms with Crippen LogP contribution in [0.5, 0.6) is 0 Å². The van der Waals surface area contributed by atoms with Crippen LogP contribution in [0.25, 0.3) is 5.69 Å². The summed E-state index contributed by atoms with van der Waals surface area (Å²) in [6.45, 7) is 4.41. The first-order valence-electron chi connectivity index (χ1n) is 9.50. The lowest BCUT2D eigenvalue weighted by molar-refractivity contribution is -0.130. The Balaban J connectivity index is 1.63. The molecule has 0 aliphatic heterocycles. The predicted molar refractivity (Wildman–Crippen MR) is 115 cm³/mol. The summed E-state index contributed by atoms with van der Waals surface area (Å²) in [6.07, 6.45) is 0.342. The summed E-state index contributed by atoms with van der Waals surface area (Å²) in [5, 5.41) is 5.21. The summed E-state index contributed by atoms with van der Waals surface area (Å²) in [5.41, 5.74) is 4.48. The zero-order chi connectivity index (χ0) is 21.0. The van der Waals surface area contributed by atoms with Crippen molar-refractivity contribution in [3.8, 4) is 5.69 Å². The van der Waals surface area contributed by atoms with Crippen LogP contribution in [-0.4, -0.2) is 33.4 Å². The van der Waals surface area contributed by atoms with E-state index in [-0.39, 0.29) is 24.5 Å². The first-order valence-corrected chi connectivity index (χ1v) is 9.88. The van der Waals surface area contributed by atoms with Crippen LogP contribution in [0, 0.1) is 13.8 Å². The second kappa shape index (κ2) is 9.05. The molecule has 0 saturated heterocycles. The number of carbonyl (C=O) groups excluding carboxylic acids is 2. The number of ketones is 1. The van der Waals surface area contributed by atoms with E-state index in [0.29, 0.717) is 17.1 Å². The van der Waals surface area contributed by atoms with Gasteiger partial charge >= 0.3 is 0 Å². The molecule has 0 aliphatic carbocycles. The highest BCUT2D eigenvalue weighted by Gasteiger charge is 2.18. The number of aryl methyl sites for hydroxylation is 1. The molecule has 3 aromatic rings. The van der Waals surface area contributed by atoms with Gasteiger partial charge in [-0.15, -0.1) is 0 Å². The van der Waals surface area contributed by atoms with Crippen LogP contribution in [0.4, 0.5) is 0 Å². The summed E-state index contributed by atoms with van der Waals surface area (Å²) < 4.78 is 1.90. The van der Waals surface area contributed by atoms with E-state index in [9.17, 15) is 9.59 Å². The number of benzene rings is 2. The number of rotatable bonds is 7. The van der Waals surface area contributed by atoms with Crippen molar-refractivity contribution in [2.24, 2.45) is 0 Å². The van der Waals surface area contributed by atoms with Gasteiger partial charge in [0.15, 0.2) is 5.78 Å². The number of hydrogen-bond acceptors (Lipinski definition) is 3. The Morgan fingerprint density at radius 3 is 2.31 bits per heavy atom. The van der Waals surface area contributed by atoms with Gasteiger partial charge in [-0.3, -0.25) is 9.59 Å². The largest absolute Gasteiger partial charge is 0.341 e. The SMILES string of the molecule is Cc1nn(-c2ccccc2)c(C)c1CN(C)C(=O)CCC(=O)c1ccc(Cl)cc1. The molecule has 0 bridgehead atoms. The van der Waals surface area contributed by atoms with Crippen LogP contribution in [0.15, 0.2) is 54.6 Å². The average Bonchev–Trinajstić information content (AvgIpc) is 3.01. The molecule has 0 radical (unpaired) electrons. The minimum atomic E-state index is -0.0708. The van der Waals surface area contributed by atoms with Gasteiger partial charge in [-0.2, -0.15) is 5.10 Å². The Morgan fingerprint density at radius 1 is 1.00 bits per heavy atom. The molecule has 6 heteroatoms. The van der Waals surface area contributed by atoms with Crippen molar-refractivity contribution in [3.63, 3.8) is 0 Å². The van der Waals surface area contributed by atoms with Crippen LogP contribution in [0.3, 0.4) is 0 Å². The van der Waals surface area contributed by atoms with Gasteiger partial charge in [-0.05, 0) is 50.2 Å². The first-order chi connectivity index (χ1) is 13.9. The maximum absolute atomic E-state index is 12.6. The zero-order valence-corrected chi connectivity index (χ0v) is 17.6. The molecule has 0 atom stereocenters. The minimum absolute atomic E-state index is 0.0623. The number of para-hydroxylation sites is 1. The Hall–Kier alpha value is -2.92. The molecule has 0 aliphatic rings. The number of nitrogens with zero attached hydrogens (tertiary/aromatic N) is 3. The van der Waals surface area contributed by atoms with Gasteiger partial charge in [0.25, 0.3) is 0 Å². The van der Waals surface area contributed by atoms with E-state index in [0.717, 1.165) is 22.6 Å². The van der Waals surface area contributed by atoms with Crippen LogP contribution < -0.4 is 0 Å². The van der Waals surface area contributed by atoms with Crippen molar-refractivity contribution in [1.29, 1.82) is 0 Å². The highest BCUT2D eigenvalue weighted by molar-refractivity contribution is 6.30. The second-order valence-electron chi connectivity index (χ2n) is 7.08. The lowest BCUT2D eigenvalue weighted by atomic mass is 10.1. The summed E-state index contributed by atoms with van der Waals surface area (Å²) in [4.78, 5) is 26.5. The molecule has 5 nitrogen and oxygen atoms in total. The molecule has 1 heterocycles. The lowest BCUT2D eigenvalue weighted by Gasteiger charge is -2.17. The van der Waals surface area contributed by atoms with E-state index in [4.69, 9.17) is 11.6 Å². The van der Waals surface area contributed by atoms with E-state index >= 15 is 0 Å². The van der Waals surface area contributed by atoms with Crippen LogP contribution in [-0.2, 0) is 11.3 Å². The molecule has 3 rings (SSSR count). The highest BCUT2D eigenvalue weighted by Crippen LogP contribution is 2.20. The molecule has 1 aromatic heterocycles. The van der Waals surface area contributed by atoms with E-state index in [1.165, 1.54) is 0 Å². The Morgan fingerprint density at radius 2 is 1.66 bits per heavy atom. The Kier molecular flexibility index (Phi) is 6.49. The van der Waals surface area contributed by atoms with E-state index in [1.54, 1.807) is 36.2 Å². The Labute approximate surface area is 175 Å². The number of Topliss-reactive ketones (excluding diaryl/α,β-unsaturated/α-hetero) is 1. The van der Waals surface area contributed by atoms with Crippen molar-refractivity contribution < 1.29 is 9.59 Å². The fourth-order valence-electron chi connectivity index (χ4n) is 3.24. The molecular weight excluding hydrogens is 386 g/mol. The normalized spacial score (nSPS) is 10.8. The lowest BCUT2D eigenvalue weighted by Crippen LogP contribution is -2.27. The fraction of sp³-hybridized carbons (Fsp3) is 0.261. The summed E-state index contributed by atoms with van der Waals surface area (Å²) in [5.74, 6) is -0.133. The van der Waals surface area contributed by atoms with Gasteiger partial charge in [-0.1, -0.05) is 29.8 Å². The van der Waals surface area contributed by atoms with Crippen molar-refractivity contribution in [2.75, 3.05) is 7.05 Å². The number of carbonyl (C=O) groups is 2. The topological polar surface area (TPSA) is 55.2 Å². The van der Waals surface area contributed by atoms with E-state index in [2.05, 4.69) is 5.10 Å². The molecule has 0 unspecified atom stereocenters. The predicted octanol–water partition coefficient (Wildman–Crippen LogP) is 4.76. The molecule has 0 saturated carbocycles. The van der Waals surface area contributed by atoms with E-state index < -0.39 is 0 Å². The maximum Gasteiger partial charge on any atom is 0.223 e. The zero-order valence-electron chi connectivity index (χ0n) is 16.9. The van der Waals surface area contributed by atoms with Crippen molar-refractivity contribution in [2.45, 2.75) is 33.2 Å². The quantitative estimate of drug-likeness (QED) is 0.528. The number of aromatic nitrogens is 2. The summed E-state index contributed by atoms with van der Waals surface area (Å²) in [7, 11) is 1.76. The number of halogens is 1. The molecule has 0 N–H and O–H groups in total. The van der Waals surface area contributed by atoms with Gasteiger partial charge in [0.05, 0.1) is 11.4 Å². The van der Waals surface area contributed by atoms with Gasteiger partial charge in [-0.25, -0.2) is 4.68 Å². The van der Waals surface area contributed by atoms with Crippen molar-refractivity contribution in [1.82, 2.24) is 14.7 Å². The molecule has 0 fully saturated rings. The third-order valence-electron chi connectivity index (χ3n) is 5.00. The monoisotopic (exact) mass is 409 g/mol. The third kappa shape index (κ3) is 4.93. The van der Waals surface area contributed by atoms with Gasteiger partial charge < -0.3 is 4.90 Å². The maximum atomic E-state index is 12.6. The molecule has 150 valence electrons. The average molecular weight is 410 g/mol. The fourth-order valence-corrected chi connectivity index (χ4v) is 3.37. The number of amides is 1. The first kappa shape index (κ1) is 20.8.